The number of hydrogen-bond acceptors (Lipinski definition) is 2. The Labute approximate surface area is 91.3 Å². The Balaban J connectivity index is 2.09. The quantitative estimate of drug-likeness (QED) is 0.795. The maximum absolute atomic E-state index is 9.22. The first-order chi connectivity index (χ1) is 7.31. The van der Waals surface area contributed by atoms with E-state index in [4.69, 9.17) is 0 Å². The summed E-state index contributed by atoms with van der Waals surface area (Å²) in [4.78, 5) is 0. The van der Waals surface area contributed by atoms with Crippen LogP contribution in [0.1, 0.15) is 31.7 Å². The van der Waals surface area contributed by atoms with Crippen molar-refractivity contribution in [3.8, 4) is 0 Å². The summed E-state index contributed by atoms with van der Waals surface area (Å²) in [6.45, 7) is 2.41. The monoisotopic (exact) mass is 205 g/mol. The van der Waals surface area contributed by atoms with Crippen molar-refractivity contribution >= 4 is 5.69 Å². The van der Waals surface area contributed by atoms with Gasteiger partial charge in [0.2, 0.25) is 0 Å². The van der Waals surface area contributed by atoms with Crippen LogP contribution in [-0.2, 0) is 6.61 Å². The van der Waals surface area contributed by atoms with E-state index in [0.29, 0.717) is 6.04 Å². The van der Waals surface area contributed by atoms with Crippen LogP contribution in [0.25, 0.3) is 0 Å². The van der Waals surface area contributed by atoms with E-state index in [2.05, 4.69) is 18.3 Å². The molecule has 1 aliphatic carbocycles. The van der Waals surface area contributed by atoms with E-state index >= 15 is 0 Å². The molecule has 82 valence electrons. The number of hydrogen-bond donors (Lipinski definition) is 2. The molecular weight excluding hydrogens is 186 g/mol. The van der Waals surface area contributed by atoms with Gasteiger partial charge in [-0.2, -0.15) is 0 Å². The standard InChI is InChI=1S/C13H19NO/c1-10-5-4-8-12(10)14-13-7-3-2-6-11(13)9-15/h2-3,6-7,10,12,14-15H,4-5,8-9H2,1H3/t10-,12+/m1/s1. The van der Waals surface area contributed by atoms with Crippen LogP contribution in [0.5, 0.6) is 0 Å². The number of aliphatic hydroxyl groups is 1. The minimum atomic E-state index is 0.115. The number of para-hydroxylation sites is 1. The highest BCUT2D eigenvalue weighted by atomic mass is 16.3. The first-order valence-electron chi connectivity index (χ1n) is 5.76. The largest absolute Gasteiger partial charge is 0.392 e. The Bertz CT molecular complexity index is 324. The fourth-order valence-corrected chi connectivity index (χ4v) is 2.36. The maximum atomic E-state index is 9.22. The third-order valence-corrected chi connectivity index (χ3v) is 3.39. The number of rotatable bonds is 3. The van der Waals surface area contributed by atoms with E-state index in [9.17, 15) is 5.11 Å². The van der Waals surface area contributed by atoms with Gasteiger partial charge in [0.25, 0.3) is 0 Å². The number of anilines is 1. The lowest BCUT2D eigenvalue weighted by Gasteiger charge is -2.20. The summed E-state index contributed by atoms with van der Waals surface area (Å²) in [7, 11) is 0. The molecule has 2 nitrogen and oxygen atoms in total. The molecule has 0 spiro atoms. The second-order valence-corrected chi connectivity index (χ2v) is 4.47. The van der Waals surface area contributed by atoms with Gasteiger partial charge in [0, 0.05) is 17.3 Å². The number of benzene rings is 1. The molecule has 0 aliphatic heterocycles. The van der Waals surface area contributed by atoms with E-state index in [1.165, 1.54) is 19.3 Å². The Hall–Kier alpha value is -1.02. The van der Waals surface area contributed by atoms with E-state index in [-0.39, 0.29) is 6.61 Å². The number of aliphatic hydroxyl groups excluding tert-OH is 1. The molecule has 0 aromatic heterocycles. The van der Waals surface area contributed by atoms with E-state index in [1.807, 2.05) is 18.2 Å². The van der Waals surface area contributed by atoms with E-state index in [1.54, 1.807) is 0 Å². The molecule has 1 aliphatic rings. The second-order valence-electron chi connectivity index (χ2n) is 4.47. The van der Waals surface area contributed by atoms with Gasteiger partial charge in [0.05, 0.1) is 6.61 Å². The van der Waals surface area contributed by atoms with Gasteiger partial charge in [-0.25, -0.2) is 0 Å². The predicted molar refractivity (Wildman–Crippen MR) is 62.8 cm³/mol. The fourth-order valence-electron chi connectivity index (χ4n) is 2.36. The summed E-state index contributed by atoms with van der Waals surface area (Å²) in [5, 5.41) is 12.8. The smallest absolute Gasteiger partial charge is 0.0701 e. The summed E-state index contributed by atoms with van der Waals surface area (Å²) < 4.78 is 0. The van der Waals surface area contributed by atoms with E-state index in [0.717, 1.165) is 17.2 Å². The molecular formula is C13H19NO. The summed E-state index contributed by atoms with van der Waals surface area (Å²) in [6, 6.07) is 8.59. The summed E-state index contributed by atoms with van der Waals surface area (Å²) in [5.74, 6) is 0.747. The normalized spacial score (nSPS) is 25.5. The number of nitrogens with one attached hydrogen (secondary N) is 1. The van der Waals surface area contributed by atoms with Crippen molar-refractivity contribution in [3.63, 3.8) is 0 Å². The van der Waals surface area contributed by atoms with Crippen LogP contribution in [-0.4, -0.2) is 11.1 Å². The van der Waals surface area contributed by atoms with Gasteiger partial charge in [-0.3, -0.25) is 0 Å². The zero-order valence-corrected chi connectivity index (χ0v) is 9.24. The minimum Gasteiger partial charge on any atom is -0.392 e. The second kappa shape index (κ2) is 4.67. The molecule has 1 saturated carbocycles. The van der Waals surface area contributed by atoms with Gasteiger partial charge in [0.15, 0.2) is 0 Å². The van der Waals surface area contributed by atoms with Crippen LogP contribution >= 0.6 is 0 Å². The lowest BCUT2D eigenvalue weighted by molar-refractivity contribution is 0.282. The van der Waals surface area contributed by atoms with Crippen LogP contribution in [0.2, 0.25) is 0 Å². The fraction of sp³-hybridized carbons (Fsp3) is 0.538. The molecule has 0 saturated heterocycles. The third kappa shape index (κ3) is 2.32. The van der Waals surface area contributed by atoms with Gasteiger partial charge < -0.3 is 10.4 Å². The molecule has 0 heterocycles. The van der Waals surface area contributed by atoms with Crippen LogP contribution in [0.3, 0.4) is 0 Å². The zero-order valence-electron chi connectivity index (χ0n) is 9.24. The van der Waals surface area contributed by atoms with E-state index < -0.39 is 0 Å². The van der Waals surface area contributed by atoms with Crippen LogP contribution < -0.4 is 5.32 Å². The molecule has 0 unspecified atom stereocenters. The van der Waals surface area contributed by atoms with Gasteiger partial charge >= 0.3 is 0 Å². The van der Waals surface area contributed by atoms with Gasteiger partial charge in [-0.1, -0.05) is 31.5 Å². The van der Waals surface area contributed by atoms with Crippen molar-refractivity contribution in [2.45, 2.75) is 38.8 Å². The highest BCUT2D eigenvalue weighted by molar-refractivity contribution is 5.51. The Morgan fingerprint density at radius 2 is 2.13 bits per heavy atom. The molecule has 0 amide bonds. The van der Waals surface area contributed by atoms with Crippen LogP contribution in [0.4, 0.5) is 5.69 Å². The Morgan fingerprint density at radius 1 is 1.33 bits per heavy atom. The lowest BCUT2D eigenvalue weighted by Crippen LogP contribution is -2.22. The molecule has 0 radical (unpaired) electrons. The molecule has 15 heavy (non-hydrogen) atoms. The first kappa shape index (κ1) is 10.5. The molecule has 1 aromatic rings. The molecule has 2 rings (SSSR count). The molecule has 0 bridgehead atoms. The van der Waals surface area contributed by atoms with Gasteiger partial charge in [0.1, 0.15) is 0 Å². The molecule has 2 atom stereocenters. The average molecular weight is 205 g/mol. The Kier molecular flexibility index (Phi) is 3.27. The van der Waals surface area contributed by atoms with Crippen LogP contribution in [0.15, 0.2) is 24.3 Å². The third-order valence-electron chi connectivity index (χ3n) is 3.39. The average Bonchev–Trinajstić information content (AvgIpc) is 2.65. The van der Waals surface area contributed by atoms with Crippen molar-refractivity contribution in [1.29, 1.82) is 0 Å². The molecule has 1 fully saturated rings. The lowest BCUT2D eigenvalue weighted by atomic mass is 10.1. The van der Waals surface area contributed by atoms with Crippen LogP contribution in [0, 0.1) is 5.92 Å². The minimum absolute atomic E-state index is 0.115. The molecule has 2 N–H and O–H groups in total. The van der Waals surface area contributed by atoms with Crippen molar-refractivity contribution in [2.75, 3.05) is 5.32 Å². The molecule has 1 aromatic carbocycles. The summed E-state index contributed by atoms with van der Waals surface area (Å²) in [5.41, 5.74) is 2.09. The zero-order chi connectivity index (χ0) is 10.7. The molecule has 2 heteroatoms. The van der Waals surface area contributed by atoms with Crippen molar-refractivity contribution in [3.05, 3.63) is 29.8 Å². The SMILES string of the molecule is C[C@@H]1CCC[C@@H]1Nc1ccccc1CO. The predicted octanol–water partition coefficient (Wildman–Crippen LogP) is 2.78. The van der Waals surface area contributed by atoms with Gasteiger partial charge in [-0.05, 0) is 24.8 Å². The van der Waals surface area contributed by atoms with Crippen molar-refractivity contribution < 1.29 is 5.11 Å². The highest BCUT2D eigenvalue weighted by Gasteiger charge is 2.23. The van der Waals surface area contributed by atoms with Crippen molar-refractivity contribution in [1.82, 2.24) is 0 Å². The van der Waals surface area contributed by atoms with Crippen molar-refractivity contribution in [2.24, 2.45) is 5.92 Å². The van der Waals surface area contributed by atoms with Gasteiger partial charge in [-0.15, -0.1) is 0 Å². The summed E-state index contributed by atoms with van der Waals surface area (Å²) >= 11 is 0. The summed E-state index contributed by atoms with van der Waals surface area (Å²) in [6.07, 6.45) is 3.89. The Morgan fingerprint density at radius 3 is 2.80 bits per heavy atom. The highest BCUT2D eigenvalue weighted by Crippen LogP contribution is 2.29. The topological polar surface area (TPSA) is 32.3 Å². The first-order valence-corrected chi connectivity index (χ1v) is 5.76. The maximum Gasteiger partial charge on any atom is 0.0701 e.